The largest absolute Gasteiger partial charge is 0.458 e. The highest BCUT2D eigenvalue weighted by atomic mass is 16.8. The third-order valence-electron chi connectivity index (χ3n) is 24.4. The average Bonchev–Trinajstić information content (AvgIpc) is 1.35. The van der Waals surface area contributed by atoms with Gasteiger partial charge in [-0.3, -0.25) is 0 Å². The van der Waals surface area contributed by atoms with Crippen LogP contribution in [0.1, 0.15) is 125 Å². The number of aliphatic hydroxyl groups is 10. The Balaban J connectivity index is 0.664. The zero-order valence-electron chi connectivity index (χ0n) is 59.5. The van der Waals surface area contributed by atoms with Gasteiger partial charge in [0.1, 0.15) is 90.1 Å². The van der Waals surface area contributed by atoms with Gasteiger partial charge in [0.15, 0.2) is 37.7 Å². The van der Waals surface area contributed by atoms with Gasteiger partial charge in [-0.25, -0.2) is 4.79 Å². The third kappa shape index (κ3) is 14.2. The molecule has 0 amide bonds. The molecule has 100 heavy (non-hydrogen) atoms. The predicted octanol–water partition coefficient (Wildman–Crippen LogP) is 1.33. The van der Waals surface area contributed by atoms with E-state index in [0.717, 1.165) is 5.56 Å². The van der Waals surface area contributed by atoms with Gasteiger partial charge >= 0.3 is 5.97 Å². The summed E-state index contributed by atoms with van der Waals surface area (Å²) in [7, 11) is 7.66. The van der Waals surface area contributed by atoms with Crippen LogP contribution in [0.4, 0.5) is 0 Å². The molecule has 3 saturated carbocycles. The van der Waals surface area contributed by atoms with Crippen LogP contribution in [0.15, 0.2) is 48.6 Å². The standard InChI is InChI=1S/C71H110O29/c1-34-58(42(83-9)27-50(88-34)93-41-21-22-66(7)47-31-48(95-49(74)20-19-40-17-15-14-16-18-40)67(8)69(80,39(6)73)25-26-71(67,82)70(47,81)24-23-68(66,79)32-41)96-51-28-43(84-10)59(35(2)89-51)97-52-29-44(85-11)60(36(3)90-52)98-53-30-45(86-12)61(37(4)91-53)99-65-57(78)63(87-13)62(38(5)92-65)100-64-56(77)55(76)54(75)46(33-72)94-64/h14-20,23-24,34-39,41-48,50-65,72-73,75-82H,21-22,25-33H2,1-13H3. The van der Waals surface area contributed by atoms with Crippen LogP contribution in [0.5, 0.6) is 0 Å². The van der Waals surface area contributed by atoms with Crippen molar-refractivity contribution in [2.24, 2.45) is 16.7 Å². The maximum Gasteiger partial charge on any atom is 0.331 e. The number of fused-ring (bicyclic) bond motifs is 5. The average molecular weight is 1430 g/mol. The molecule has 568 valence electrons. The molecule has 36 unspecified atom stereocenters. The molecule has 6 saturated heterocycles. The number of carbonyl (C=O) groups excluding carboxylic acids is 1. The SMILES string of the molecule is COC1CC(OC2CCC3(C)C4CC(OC(=O)C=Cc5ccccc5)C5(C)C(O)(C(C)O)CCC5(O)C4(O)C=CC3(O)C2)OC(C)C1OC1CC(OC)C(OC2CC(OC)C(OC3CC(OC)C(OC4OC(C)C(OC5OC(CO)C(O)C(O)C5O)C(OC)C4O)C(C)O3)C(C)O2)C(C)O1. The summed E-state index contributed by atoms with van der Waals surface area (Å²) in [5.41, 5.74) is -9.76. The van der Waals surface area contributed by atoms with Crippen LogP contribution in [0.25, 0.3) is 6.08 Å². The number of carbonyl (C=O) groups is 1. The van der Waals surface area contributed by atoms with Crippen molar-refractivity contribution in [1.82, 2.24) is 0 Å². The Morgan fingerprint density at radius 1 is 0.560 bits per heavy atom. The van der Waals surface area contributed by atoms with Crippen LogP contribution in [-0.2, 0) is 90.1 Å². The number of aliphatic hydroxyl groups excluding tert-OH is 6. The zero-order chi connectivity index (χ0) is 72.3. The molecule has 0 radical (unpaired) electrons. The van der Waals surface area contributed by atoms with Crippen molar-refractivity contribution < 1.29 is 141 Å². The van der Waals surface area contributed by atoms with Gasteiger partial charge in [0.2, 0.25) is 0 Å². The second-order valence-electron chi connectivity index (χ2n) is 29.8. The molecule has 4 aliphatic carbocycles. The van der Waals surface area contributed by atoms with E-state index in [9.17, 15) is 55.9 Å². The number of hydrogen-bond donors (Lipinski definition) is 10. The van der Waals surface area contributed by atoms with Gasteiger partial charge in [0.25, 0.3) is 0 Å². The van der Waals surface area contributed by atoms with Crippen molar-refractivity contribution in [3.05, 3.63) is 54.1 Å². The van der Waals surface area contributed by atoms with E-state index in [-0.39, 0.29) is 51.4 Å². The molecule has 29 heteroatoms. The summed E-state index contributed by atoms with van der Waals surface area (Å²) in [6.45, 7) is 13.3. The normalized spacial score (nSPS) is 50.9. The maximum absolute atomic E-state index is 13.7. The highest BCUT2D eigenvalue weighted by molar-refractivity contribution is 5.87. The van der Waals surface area contributed by atoms with Crippen molar-refractivity contribution in [3.8, 4) is 0 Å². The van der Waals surface area contributed by atoms with Crippen LogP contribution in [0.3, 0.4) is 0 Å². The van der Waals surface area contributed by atoms with E-state index in [1.54, 1.807) is 54.3 Å². The topological polar surface area (TPSA) is 386 Å². The Bertz CT molecular complexity index is 2910. The fourth-order valence-corrected chi connectivity index (χ4v) is 18.4. The van der Waals surface area contributed by atoms with Crippen molar-refractivity contribution in [2.45, 2.75) is 320 Å². The number of benzene rings is 1. The first-order valence-electron chi connectivity index (χ1n) is 35.4. The molecule has 10 N–H and O–H groups in total. The summed E-state index contributed by atoms with van der Waals surface area (Å²) in [5, 5.41) is 115. The van der Waals surface area contributed by atoms with Crippen LogP contribution < -0.4 is 0 Å². The molecular weight excluding hydrogens is 1320 g/mol. The predicted molar refractivity (Wildman–Crippen MR) is 347 cm³/mol. The lowest BCUT2D eigenvalue weighted by Crippen LogP contribution is -2.80. The van der Waals surface area contributed by atoms with Crippen LogP contribution in [-0.4, -0.2) is 300 Å². The quantitative estimate of drug-likeness (QED) is 0.0445. The summed E-state index contributed by atoms with van der Waals surface area (Å²) < 4.78 is 113. The number of rotatable bonds is 22. The molecule has 11 rings (SSSR count). The van der Waals surface area contributed by atoms with Gasteiger partial charge in [-0.2, -0.15) is 0 Å². The van der Waals surface area contributed by atoms with Crippen LogP contribution in [0, 0.1) is 16.7 Å². The van der Waals surface area contributed by atoms with Gasteiger partial charge in [-0.15, -0.1) is 0 Å². The Hall–Kier alpha value is -2.91. The molecule has 9 fully saturated rings. The minimum absolute atomic E-state index is 0.0440. The Morgan fingerprint density at radius 3 is 1.53 bits per heavy atom. The number of ether oxygens (including phenoxy) is 18. The first-order valence-corrected chi connectivity index (χ1v) is 35.4. The van der Waals surface area contributed by atoms with Gasteiger partial charge < -0.3 is 136 Å². The lowest BCUT2D eigenvalue weighted by Gasteiger charge is -2.68. The zero-order valence-corrected chi connectivity index (χ0v) is 59.5. The fourth-order valence-electron chi connectivity index (χ4n) is 18.4. The second kappa shape index (κ2) is 31.1. The monoisotopic (exact) mass is 1430 g/mol. The third-order valence-corrected chi connectivity index (χ3v) is 24.4. The number of hydrogen-bond acceptors (Lipinski definition) is 29. The number of methoxy groups -OCH3 is 5. The van der Waals surface area contributed by atoms with E-state index < -0.39 is 230 Å². The highest BCUT2D eigenvalue weighted by Gasteiger charge is 2.82. The minimum atomic E-state index is -2.11. The summed E-state index contributed by atoms with van der Waals surface area (Å²) in [5.74, 6) is -1.61. The molecular formula is C71H110O29. The van der Waals surface area contributed by atoms with Crippen molar-refractivity contribution in [2.75, 3.05) is 42.2 Å². The first kappa shape index (κ1) is 78.2. The van der Waals surface area contributed by atoms with E-state index in [1.807, 2.05) is 58.0 Å². The van der Waals surface area contributed by atoms with Gasteiger partial charge in [0, 0.05) is 85.1 Å². The smallest absolute Gasteiger partial charge is 0.331 e. The van der Waals surface area contributed by atoms with Gasteiger partial charge in [0.05, 0.1) is 84.8 Å². The van der Waals surface area contributed by atoms with Gasteiger partial charge in [-0.1, -0.05) is 56.3 Å². The van der Waals surface area contributed by atoms with E-state index in [2.05, 4.69) is 0 Å². The molecule has 0 spiro atoms. The van der Waals surface area contributed by atoms with E-state index in [1.165, 1.54) is 33.3 Å². The van der Waals surface area contributed by atoms with Crippen molar-refractivity contribution >= 4 is 12.0 Å². The Labute approximate surface area is 584 Å². The number of esters is 1. The molecule has 1 aromatic carbocycles. The lowest BCUT2D eigenvalue weighted by molar-refractivity contribution is -0.374. The van der Waals surface area contributed by atoms with E-state index in [0.29, 0.717) is 12.8 Å². The molecule has 0 bridgehead atoms. The molecule has 1 aromatic rings. The molecule has 29 nitrogen and oxygen atoms in total. The van der Waals surface area contributed by atoms with E-state index in [4.69, 9.17) is 85.3 Å². The molecule has 6 heterocycles. The lowest BCUT2D eigenvalue weighted by atomic mass is 9.41. The Kier molecular flexibility index (Phi) is 24.3. The summed E-state index contributed by atoms with van der Waals surface area (Å²) >= 11 is 0. The minimum Gasteiger partial charge on any atom is -0.458 e. The summed E-state index contributed by atoms with van der Waals surface area (Å²) in [4.78, 5) is 13.7. The van der Waals surface area contributed by atoms with Crippen LogP contribution in [0.2, 0.25) is 0 Å². The Morgan fingerprint density at radius 2 is 1.04 bits per heavy atom. The van der Waals surface area contributed by atoms with Crippen LogP contribution >= 0.6 is 0 Å². The second-order valence-corrected chi connectivity index (χ2v) is 29.8. The maximum atomic E-state index is 13.7. The summed E-state index contributed by atoms with van der Waals surface area (Å²) in [6.07, 6.45) is -19.2. The molecule has 6 aliphatic heterocycles. The fraction of sp³-hybridized carbons (Fsp3) is 0.845. The first-order chi connectivity index (χ1) is 47.4. The van der Waals surface area contributed by atoms with Gasteiger partial charge in [-0.05, 0) is 85.3 Å². The van der Waals surface area contributed by atoms with Crippen molar-refractivity contribution in [3.63, 3.8) is 0 Å². The highest BCUT2D eigenvalue weighted by Crippen LogP contribution is 2.71. The summed E-state index contributed by atoms with van der Waals surface area (Å²) in [6, 6.07) is 9.19. The van der Waals surface area contributed by atoms with E-state index >= 15 is 0 Å². The molecule has 0 aromatic heterocycles. The van der Waals surface area contributed by atoms with Crippen molar-refractivity contribution in [1.29, 1.82) is 0 Å². The molecule has 10 aliphatic rings. The molecule has 36 atom stereocenters.